The first-order valence-electron chi connectivity index (χ1n) is 10.6. The van der Waals surface area contributed by atoms with Gasteiger partial charge in [0, 0.05) is 17.6 Å². The first kappa shape index (κ1) is 26.7. The molecule has 10 heteroatoms. The number of carbonyl (C=O) groups is 2. The molecule has 1 atom stereocenters. The summed E-state index contributed by atoms with van der Waals surface area (Å²) in [6, 6.07) is 13.2. The van der Waals surface area contributed by atoms with E-state index in [1.165, 1.54) is 4.90 Å². The van der Waals surface area contributed by atoms with Crippen LogP contribution in [0.25, 0.3) is 0 Å². The van der Waals surface area contributed by atoms with Gasteiger partial charge < -0.3 is 15.0 Å². The number of benzene rings is 2. The monoisotopic (exact) mass is 539 g/mol. The van der Waals surface area contributed by atoms with E-state index >= 15 is 0 Å². The second-order valence-electron chi connectivity index (χ2n) is 7.39. The van der Waals surface area contributed by atoms with Gasteiger partial charge in [-0.05, 0) is 50.6 Å². The van der Waals surface area contributed by atoms with E-state index in [-0.39, 0.29) is 18.1 Å². The lowest BCUT2D eigenvalue weighted by atomic mass is 10.1. The average molecular weight is 540 g/mol. The summed E-state index contributed by atoms with van der Waals surface area (Å²) in [6.45, 7) is 5.65. The molecule has 0 bridgehead atoms. The molecule has 8 nitrogen and oxygen atoms in total. The number of anilines is 1. The maximum absolute atomic E-state index is 13.5. The van der Waals surface area contributed by atoms with Gasteiger partial charge in [0.25, 0.3) is 0 Å². The Hall–Kier alpha value is -2.59. The molecule has 2 amide bonds. The number of likely N-dealkylation sites (N-methyl/N-ethyl adjacent to an activating group) is 1. The molecule has 0 fully saturated rings. The number of carbonyl (C=O) groups excluding carboxylic acids is 2. The molecule has 180 valence electrons. The van der Waals surface area contributed by atoms with Crippen LogP contribution in [0.1, 0.15) is 26.3 Å². The van der Waals surface area contributed by atoms with Crippen molar-refractivity contribution in [2.45, 2.75) is 33.4 Å². The molecule has 2 aromatic carbocycles. The lowest BCUT2D eigenvalue weighted by Gasteiger charge is -2.31. The molecule has 0 saturated carbocycles. The molecular weight excluding hydrogens is 510 g/mol. The molecule has 0 aromatic heterocycles. The Morgan fingerprint density at radius 1 is 1.09 bits per heavy atom. The number of nitrogens with one attached hydrogen (secondary N) is 1. The highest BCUT2D eigenvalue weighted by atomic mass is 79.9. The molecule has 0 radical (unpaired) electrons. The summed E-state index contributed by atoms with van der Waals surface area (Å²) in [5, 5.41) is 2.72. The third kappa shape index (κ3) is 7.46. The number of nitrogens with zero attached hydrogens (tertiary/aromatic N) is 2. The summed E-state index contributed by atoms with van der Waals surface area (Å²) in [6.07, 6.45) is 1.04. The third-order valence-electron chi connectivity index (χ3n) is 4.90. The molecule has 33 heavy (non-hydrogen) atoms. The van der Waals surface area contributed by atoms with Gasteiger partial charge in [-0.2, -0.15) is 0 Å². The number of amides is 2. The zero-order valence-electron chi connectivity index (χ0n) is 19.2. The molecule has 0 heterocycles. The van der Waals surface area contributed by atoms with Crippen LogP contribution in [0, 0.1) is 0 Å². The summed E-state index contributed by atoms with van der Waals surface area (Å²) in [4.78, 5) is 27.4. The first-order valence-corrected chi connectivity index (χ1v) is 13.2. The highest BCUT2D eigenvalue weighted by Crippen LogP contribution is 2.30. The Kier molecular flexibility index (Phi) is 9.72. The minimum atomic E-state index is -3.82. The fraction of sp³-hybridized carbons (Fsp3) is 0.391. The van der Waals surface area contributed by atoms with Crippen LogP contribution < -0.4 is 14.4 Å². The Morgan fingerprint density at radius 2 is 1.73 bits per heavy atom. The number of ether oxygens (including phenoxy) is 1. The van der Waals surface area contributed by atoms with Crippen molar-refractivity contribution < 1.29 is 22.7 Å². The highest BCUT2D eigenvalue weighted by molar-refractivity contribution is 9.10. The first-order chi connectivity index (χ1) is 15.6. The number of sulfonamides is 1. The summed E-state index contributed by atoms with van der Waals surface area (Å²) in [7, 11) is -3.82. The topological polar surface area (TPSA) is 96.0 Å². The minimum absolute atomic E-state index is 0.148. The van der Waals surface area contributed by atoms with Gasteiger partial charge >= 0.3 is 0 Å². The minimum Gasteiger partial charge on any atom is -0.492 e. The summed E-state index contributed by atoms with van der Waals surface area (Å²) in [5.41, 5.74) is 1.08. The van der Waals surface area contributed by atoms with Gasteiger partial charge in [0.15, 0.2) is 0 Å². The molecule has 2 rings (SSSR count). The largest absolute Gasteiger partial charge is 0.492 e. The van der Waals surface area contributed by atoms with E-state index in [0.29, 0.717) is 18.9 Å². The van der Waals surface area contributed by atoms with Crippen molar-refractivity contribution in [3.05, 3.63) is 58.6 Å². The lowest BCUT2D eigenvalue weighted by Crippen LogP contribution is -2.51. The lowest BCUT2D eigenvalue weighted by molar-refractivity contribution is -0.139. The van der Waals surface area contributed by atoms with E-state index in [1.54, 1.807) is 45.0 Å². The van der Waals surface area contributed by atoms with Crippen molar-refractivity contribution in [1.82, 2.24) is 10.2 Å². The van der Waals surface area contributed by atoms with Gasteiger partial charge in [-0.1, -0.05) is 40.2 Å². The van der Waals surface area contributed by atoms with Crippen molar-refractivity contribution in [1.29, 1.82) is 0 Å². The van der Waals surface area contributed by atoms with Crippen molar-refractivity contribution in [2.24, 2.45) is 0 Å². The van der Waals surface area contributed by atoms with Gasteiger partial charge in [-0.3, -0.25) is 13.9 Å². The Bertz CT molecular complexity index is 1060. The van der Waals surface area contributed by atoms with E-state index in [1.807, 2.05) is 24.3 Å². The second-order valence-corrected chi connectivity index (χ2v) is 10.2. The van der Waals surface area contributed by atoms with Crippen LogP contribution in [-0.2, 0) is 26.2 Å². The van der Waals surface area contributed by atoms with Crippen LogP contribution in [-0.4, -0.2) is 57.1 Å². The van der Waals surface area contributed by atoms with Crippen LogP contribution in [0.2, 0.25) is 0 Å². The predicted octanol–water partition coefficient (Wildman–Crippen LogP) is 3.17. The van der Waals surface area contributed by atoms with E-state index < -0.39 is 28.5 Å². The molecule has 0 saturated heterocycles. The summed E-state index contributed by atoms with van der Waals surface area (Å²) < 4.78 is 32.8. The zero-order valence-corrected chi connectivity index (χ0v) is 21.6. The van der Waals surface area contributed by atoms with Crippen LogP contribution in [0.15, 0.2) is 53.0 Å². The average Bonchev–Trinajstić information content (AvgIpc) is 2.76. The van der Waals surface area contributed by atoms with E-state index in [4.69, 9.17) is 4.74 Å². The van der Waals surface area contributed by atoms with Gasteiger partial charge in [-0.25, -0.2) is 8.42 Å². The van der Waals surface area contributed by atoms with Crippen LogP contribution in [0.4, 0.5) is 5.69 Å². The van der Waals surface area contributed by atoms with E-state index in [2.05, 4.69) is 21.2 Å². The maximum Gasteiger partial charge on any atom is 0.244 e. The number of rotatable bonds is 11. The van der Waals surface area contributed by atoms with Crippen molar-refractivity contribution in [3.63, 3.8) is 0 Å². The number of halogens is 1. The van der Waals surface area contributed by atoms with Crippen molar-refractivity contribution >= 4 is 43.5 Å². The fourth-order valence-electron chi connectivity index (χ4n) is 3.23. The van der Waals surface area contributed by atoms with Gasteiger partial charge in [0.05, 0.1) is 18.6 Å². The van der Waals surface area contributed by atoms with Crippen LogP contribution in [0.3, 0.4) is 0 Å². The van der Waals surface area contributed by atoms with Crippen LogP contribution >= 0.6 is 15.9 Å². The molecule has 2 aromatic rings. The Labute approximate surface area is 204 Å². The molecular formula is C23H30BrN3O5S. The number of para-hydroxylation sites is 2. The Morgan fingerprint density at radius 3 is 2.30 bits per heavy atom. The molecule has 1 N–H and O–H groups in total. The Balaban J connectivity index is 2.41. The summed E-state index contributed by atoms with van der Waals surface area (Å²) in [5.74, 6) is -0.466. The standard InChI is InChI=1S/C23H30BrN3O5S/c1-5-25-23(29)17(3)26(15-18-11-13-19(24)14-12-18)22(28)16-27(33(4,30)31)20-9-7-8-10-21(20)32-6-2/h7-14,17H,5-6,15-16H2,1-4H3,(H,25,29). The molecule has 0 spiro atoms. The van der Waals surface area contributed by atoms with Gasteiger partial charge in [0.1, 0.15) is 18.3 Å². The highest BCUT2D eigenvalue weighted by Gasteiger charge is 2.30. The number of hydrogen-bond acceptors (Lipinski definition) is 5. The summed E-state index contributed by atoms with van der Waals surface area (Å²) >= 11 is 3.38. The smallest absolute Gasteiger partial charge is 0.244 e. The SMILES string of the molecule is CCNC(=O)C(C)N(Cc1ccc(Br)cc1)C(=O)CN(c1ccccc1OCC)S(C)(=O)=O. The number of hydrogen-bond donors (Lipinski definition) is 1. The van der Waals surface area contributed by atoms with E-state index in [0.717, 1.165) is 20.6 Å². The van der Waals surface area contributed by atoms with E-state index in [9.17, 15) is 18.0 Å². The third-order valence-corrected chi connectivity index (χ3v) is 6.55. The second kappa shape index (κ2) is 12.0. The quantitative estimate of drug-likeness (QED) is 0.473. The normalized spacial score (nSPS) is 12.0. The molecule has 0 aliphatic heterocycles. The van der Waals surface area contributed by atoms with Crippen molar-refractivity contribution in [2.75, 3.05) is 30.3 Å². The molecule has 0 aliphatic rings. The van der Waals surface area contributed by atoms with Crippen molar-refractivity contribution in [3.8, 4) is 5.75 Å². The van der Waals surface area contributed by atoms with Gasteiger partial charge in [0.2, 0.25) is 21.8 Å². The maximum atomic E-state index is 13.5. The van der Waals surface area contributed by atoms with Crippen LogP contribution in [0.5, 0.6) is 5.75 Å². The predicted molar refractivity (Wildman–Crippen MR) is 133 cm³/mol. The molecule has 0 aliphatic carbocycles. The fourth-order valence-corrected chi connectivity index (χ4v) is 4.34. The van der Waals surface area contributed by atoms with Gasteiger partial charge in [-0.15, -0.1) is 0 Å². The zero-order chi connectivity index (χ0) is 24.6. The molecule has 1 unspecified atom stereocenters.